The minimum Gasteiger partial charge on any atom is -0.458 e. The Labute approximate surface area is 239 Å². The summed E-state index contributed by atoms with van der Waals surface area (Å²) in [5, 5.41) is 0. The minimum absolute atomic E-state index is 0.000222. The molecule has 5 fully saturated rings. The molecule has 0 heterocycles. The summed E-state index contributed by atoms with van der Waals surface area (Å²) in [6.45, 7) is 20.7. The van der Waals surface area contributed by atoms with Crippen LogP contribution in [0.5, 0.6) is 0 Å². The molecule has 0 bridgehead atoms. The zero-order valence-electron chi connectivity index (χ0n) is 26.3. The molecule has 1 aromatic rings. The molecule has 0 saturated heterocycles. The fraction of sp³-hybridized carbons (Fsp3) is 0.811. The number of carbonyl (C=O) groups is 1. The molecule has 5 aliphatic carbocycles. The van der Waals surface area contributed by atoms with Crippen molar-refractivity contribution in [3.8, 4) is 0 Å². The largest absolute Gasteiger partial charge is 0.458 e. The predicted octanol–water partition coefficient (Wildman–Crippen LogP) is 9.97. The highest BCUT2D eigenvalue weighted by Crippen LogP contribution is 2.77. The number of ether oxygens (including phenoxy) is 1. The van der Waals surface area contributed by atoms with Gasteiger partial charge in [0.25, 0.3) is 0 Å². The summed E-state index contributed by atoms with van der Waals surface area (Å²) in [4.78, 5) is 13.1. The number of fused-ring (bicyclic) bond motifs is 7. The van der Waals surface area contributed by atoms with E-state index in [2.05, 4.69) is 55.4 Å². The van der Waals surface area contributed by atoms with Crippen molar-refractivity contribution in [1.29, 1.82) is 0 Å². The molecular formula is C37H56O2. The van der Waals surface area contributed by atoms with Crippen LogP contribution in [0.3, 0.4) is 0 Å². The normalized spacial score (nSPS) is 48.4. The van der Waals surface area contributed by atoms with Gasteiger partial charge in [-0.1, -0.05) is 73.6 Å². The second-order valence-corrected chi connectivity index (χ2v) is 16.9. The fourth-order valence-electron chi connectivity index (χ4n) is 12.7. The van der Waals surface area contributed by atoms with E-state index in [9.17, 15) is 4.79 Å². The highest BCUT2D eigenvalue weighted by molar-refractivity contribution is 5.89. The smallest absolute Gasteiger partial charge is 0.338 e. The second-order valence-electron chi connectivity index (χ2n) is 16.9. The zero-order chi connectivity index (χ0) is 28.0. The van der Waals surface area contributed by atoms with Crippen molar-refractivity contribution < 1.29 is 9.53 Å². The van der Waals surface area contributed by atoms with Crippen LogP contribution in [0.2, 0.25) is 0 Å². The summed E-state index contributed by atoms with van der Waals surface area (Å²) in [5.74, 6) is 4.78. The molecule has 1 aromatic carbocycles. The third-order valence-electron chi connectivity index (χ3n) is 15.0. The van der Waals surface area contributed by atoms with E-state index < -0.39 is 0 Å². The van der Waals surface area contributed by atoms with Gasteiger partial charge in [-0.2, -0.15) is 0 Å². The maximum absolute atomic E-state index is 13.1. The third kappa shape index (κ3) is 3.81. The molecule has 0 radical (unpaired) electrons. The van der Waals surface area contributed by atoms with E-state index in [4.69, 9.17) is 4.74 Å². The zero-order valence-corrected chi connectivity index (χ0v) is 26.3. The topological polar surface area (TPSA) is 26.3 Å². The Morgan fingerprint density at radius 1 is 0.769 bits per heavy atom. The van der Waals surface area contributed by atoms with Crippen LogP contribution in [-0.4, -0.2) is 12.1 Å². The van der Waals surface area contributed by atoms with Gasteiger partial charge in [-0.25, -0.2) is 4.79 Å². The van der Waals surface area contributed by atoms with Gasteiger partial charge in [0.15, 0.2) is 0 Å². The molecule has 216 valence electrons. The Balaban J connectivity index is 1.28. The van der Waals surface area contributed by atoms with Crippen molar-refractivity contribution in [3.05, 3.63) is 35.9 Å². The monoisotopic (exact) mass is 532 g/mol. The predicted molar refractivity (Wildman–Crippen MR) is 160 cm³/mol. The molecule has 0 aliphatic heterocycles. The number of hydrogen-bond donors (Lipinski definition) is 0. The first-order valence-corrected chi connectivity index (χ1v) is 16.5. The number of hydrogen-bond acceptors (Lipinski definition) is 2. The molecule has 6 rings (SSSR count). The van der Waals surface area contributed by atoms with E-state index in [-0.39, 0.29) is 17.5 Å². The number of esters is 1. The van der Waals surface area contributed by atoms with E-state index in [1.54, 1.807) is 0 Å². The summed E-state index contributed by atoms with van der Waals surface area (Å²) in [5.41, 5.74) is 2.44. The van der Waals surface area contributed by atoms with E-state index in [1.807, 2.05) is 30.3 Å². The molecule has 0 spiro atoms. The van der Waals surface area contributed by atoms with Crippen LogP contribution in [-0.2, 0) is 4.74 Å². The van der Waals surface area contributed by atoms with Crippen molar-refractivity contribution in [3.63, 3.8) is 0 Å². The van der Waals surface area contributed by atoms with Crippen molar-refractivity contribution in [1.82, 2.24) is 0 Å². The lowest BCUT2D eigenvalue weighted by molar-refractivity contribution is -0.247. The van der Waals surface area contributed by atoms with Gasteiger partial charge in [-0.05, 0) is 134 Å². The van der Waals surface area contributed by atoms with Crippen LogP contribution in [0.25, 0.3) is 0 Å². The van der Waals surface area contributed by atoms with Gasteiger partial charge in [0.2, 0.25) is 0 Å². The summed E-state index contributed by atoms with van der Waals surface area (Å²) in [6.07, 6.45) is 13.5. The molecule has 0 N–H and O–H groups in total. The van der Waals surface area contributed by atoms with Crippen molar-refractivity contribution in [2.45, 2.75) is 126 Å². The average Bonchev–Trinajstić information content (AvgIpc) is 3.24. The van der Waals surface area contributed by atoms with Crippen molar-refractivity contribution >= 4 is 5.97 Å². The van der Waals surface area contributed by atoms with Crippen LogP contribution < -0.4 is 0 Å². The first-order chi connectivity index (χ1) is 18.3. The van der Waals surface area contributed by atoms with Crippen molar-refractivity contribution in [2.24, 2.45) is 62.6 Å². The van der Waals surface area contributed by atoms with Crippen LogP contribution >= 0.6 is 0 Å². The maximum atomic E-state index is 13.1. The minimum atomic E-state index is -0.146. The number of rotatable bonds is 3. The quantitative estimate of drug-likeness (QED) is 0.362. The van der Waals surface area contributed by atoms with Gasteiger partial charge in [0, 0.05) is 5.41 Å². The van der Waals surface area contributed by atoms with Crippen LogP contribution in [0.15, 0.2) is 30.3 Å². The first kappa shape index (κ1) is 27.8. The summed E-state index contributed by atoms with van der Waals surface area (Å²) >= 11 is 0. The van der Waals surface area contributed by atoms with Gasteiger partial charge in [-0.3, -0.25) is 0 Å². The van der Waals surface area contributed by atoms with Crippen LogP contribution in [0.4, 0.5) is 0 Å². The maximum Gasteiger partial charge on any atom is 0.338 e. The molecule has 39 heavy (non-hydrogen) atoms. The second kappa shape index (κ2) is 9.09. The third-order valence-corrected chi connectivity index (χ3v) is 15.0. The van der Waals surface area contributed by atoms with Gasteiger partial charge in [0.1, 0.15) is 6.10 Å². The Bertz CT molecular complexity index is 1090. The molecule has 10 unspecified atom stereocenters. The molecule has 0 amide bonds. The molecule has 10 atom stereocenters. The molecular weight excluding hydrogens is 476 g/mol. The SMILES string of the molecule is CC(C)C1CCC2(C)CCC3(C)C(CCC4C5(C)CCC(OC(=O)c6ccccc6)C(C)(C)C5CCC43C)C12. The van der Waals surface area contributed by atoms with Gasteiger partial charge in [0.05, 0.1) is 5.56 Å². The lowest BCUT2D eigenvalue weighted by Crippen LogP contribution is -2.66. The van der Waals surface area contributed by atoms with E-state index in [0.29, 0.717) is 33.1 Å². The first-order valence-electron chi connectivity index (χ1n) is 16.5. The van der Waals surface area contributed by atoms with E-state index >= 15 is 0 Å². The van der Waals surface area contributed by atoms with Gasteiger partial charge in [-0.15, -0.1) is 0 Å². The molecule has 2 nitrogen and oxygen atoms in total. The highest BCUT2D eigenvalue weighted by Gasteiger charge is 2.70. The Kier molecular flexibility index (Phi) is 6.49. The van der Waals surface area contributed by atoms with Crippen molar-refractivity contribution in [2.75, 3.05) is 0 Å². The lowest BCUT2D eigenvalue weighted by Gasteiger charge is -2.73. The average molecular weight is 533 g/mol. The lowest BCUT2D eigenvalue weighted by atomic mass is 9.32. The van der Waals surface area contributed by atoms with E-state index in [1.165, 1.54) is 57.8 Å². The summed E-state index contributed by atoms with van der Waals surface area (Å²) in [6, 6.07) is 9.60. The molecule has 2 heteroatoms. The fourth-order valence-corrected chi connectivity index (χ4v) is 12.7. The number of carbonyl (C=O) groups excluding carboxylic acids is 1. The molecule has 5 saturated carbocycles. The molecule has 5 aliphatic rings. The van der Waals surface area contributed by atoms with Crippen LogP contribution in [0, 0.1) is 62.6 Å². The summed E-state index contributed by atoms with van der Waals surface area (Å²) < 4.78 is 6.31. The summed E-state index contributed by atoms with van der Waals surface area (Å²) in [7, 11) is 0. The highest BCUT2D eigenvalue weighted by atomic mass is 16.5. The molecule has 0 aromatic heterocycles. The number of benzene rings is 1. The van der Waals surface area contributed by atoms with Crippen LogP contribution in [0.1, 0.15) is 130 Å². The Hall–Kier alpha value is -1.31. The Morgan fingerprint density at radius 3 is 2.18 bits per heavy atom. The van der Waals surface area contributed by atoms with Gasteiger partial charge < -0.3 is 4.74 Å². The van der Waals surface area contributed by atoms with Gasteiger partial charge >= 0.3 is 5.97 Å². The standard InChI is InChI=1S/C37H56O2/c1-24(2)26-16-19-34(5)22-23-36(7)27(31(26)34)14-15-29-35(6)20-18-30(39-32(38)25-12-10-9-11-13-25)33(3,4)28(35)17-21-37(29,36)8/h9-13,24,26-31H,14-23H2,1-8H3. The van der Waals surface area contributed by atoms with E-state index in [0.717, 1.165) is 36.0 Å². The Morgan fingerprint density at radius 2 is 1.49 bits per heavy atom.